The number of rotatable bonds is 7. The molecular formula is C24H29FO5S2. The van der Waals surface area contributed by atoms with Gasteiger partial charge < -0.3 is 9.84 Å². The Labute approximate surface area is 194 Å². The normalized spacial score (nSPS) is 23.7. The Morgan fingerprint density at radius 2 is 2.00 bits per heavy atom. The standard InChI is InChI=1S/C24H29FO5S2/c1-4-10-24(2)13-18(16-8-6-5-7-9-16)17-11-21(31-3)20(30-14-19(25)23(26)27)12-22(17)32(28,29)15-24/h5-9,11-12,14,18,28-29H,4,10,13,15H2,1-3H3,(H,26,27)/b19-14-. The van der Waals surface area contributed by atoms with Gasteiger partial charge in [-0.2, -0.15) is 15.0 Å². The third-order valence-corrected chi connectivity index (χ3v) is 8.74. The highest BCUT2D eigenvalue weighted by Crippen LogP contribution is 2.62. The lowest BCUT2D eigenvalue weighted by Gasteiger charge is -2.39. The molecule has 0 aromatic heterocycles. The first-order valence-electron chi connectivity index (χ1n) is 10.4. The Kier molecular flexibility index (Phi) is 7.60. The zero-order valence-corrected chi connectivity index (χ0v) is 20.0. The number of thioether (sulfide) groups is 1. The van der Waals surface area contributed by atoms with Crippen LogP contribution >= 0.6 is 22.4 Å². The largest absolute Gasteiger partial charge is 0.476 e. The van der Waals surface area contributed by atoms with Gasteiger partial charge in [-0.1, -0.05) is 50.6 Å². The van der Waals surface area contributed by atoms with Crippen molar-refractivity contribution in [2.24, 2.45) is 5.41 Å². The number of carboxylic acids is 1. The summed E-state index contributed by atoms with van der Waals surface area (Å²) in [5, 5.41) is 8.76. The summed E-state index contributed by atoms with van der Waals surface area (Å²) in [7, 11) is -3.17. The average Bonchev–Trinajstić information content (AvgIpc) is 2.83. The van der Waals surface area contributed by atoms with Crippen LogP contribution in [0.2, 0.25) is 0 Å². The molecule has 2 aromatic carbocycles. The van der Waals surface area contributed by atoms with E-state index < -0.39 is 22.4 Å². The van der Waals surface area contributed by atoms with Crippen molar-refractivity contribution in [1.29, 1.82) is 0 Å². The Morgan fingerprint density at radius 1 is 1.31 bits per heavy atom. The van der Waals surface area contributed by atoms with E-state index in [9.17, 15) is 18.3 Å². The van der Waals surface area contributed by atoms with Crippen LogP contribution in [0.1, 0.15) is 50.2 Å². The minimum atomic E-state index is -3.17. The van der Waals surface area contributed by atoms with Crippen molar-refractivity contribution in [2.75, 3.05) is 12.0 Å². The molecule has 174 valence electrons. The average molecular weight is 481 g/mol. The van der Waals surface area contributed by atoms with Crippen LogP contribution in [0, 0.1) is 5.41 Å². The third-order valence-electron chi connectivity index (χ3n) is 5.82. The number of hydrogen-bond donors (Lipinski definition) is 3. The summed E-state index contributed by atoms with van der Waals surface area (Å²) >= 11 is 1.36. The molecule has 5 nitrogen and oxygen atoms in total. The zero-order chi connectivity index (χ0) is 23.5. The van der Waals surface area contributed by atoms with Gasteiger partial charge in [-0.05, 0) is 41.7 Å². The summed E-state index contributed by atoms with van der Waals surface area (Å²) in [6.45, 7) is 4.19. The number of halogens is 1. The Bertz CT molecular complexity index is 1010. The summed E-state index contributed by atoms with van der Waals surface area (Å²) in [4.78, 5) is 11.8. The van der Waals surface area contributed by atoms with Crippen molar-refractivity contribution in [3.63, 3.8) is 0 Å². The van der Waals surface area contributed by atoms with E-state index in [1.165, 1.54) is 17.8 Å². The molecule has 1 heterocycles. The summed E-state index contributed by atoms with van der Waals surface area (Å²) in [5.74, 6) is -2.80. The van der Waals surface area contributed by atoms with Gasteiger partial charge in [-0.15, -0.1) is 11.8 Å². The second kappa shape index (κ2) is 9.87. The first-order chi connectivity index (χ1) is 15.1. The topological polar surface area (TPSA) is 87.0 Å². The first kappa shape index (κ1) is 24.6. The number of benzene rings is 2. The number of aliphatic carboxylic acids is 1. The highest BCUT2D eigenvalue weighted by molar-refractivity contribution is 8.24. The van der Waals surface area contributed by atoms with Crippen LogP contribution in [0.5, 0.6) is 5.75 Å². The van der Waals surface area contributed by atoms with Gasteiger partial charge in [0.1, 0.15) is 12.0 Å². The molecule has 0 radical (unpaired) electrons. The fourth-order valence-electron chi connectivity index (χ4n) is 4.52. The van der Waals surface area contributed by atoms with Crippen molar-refractivity contribution in [3.05, 3.63) is 65.7 Å². The molecule has 2 atom stereocenters. The minimum Gasteiger partial charge on any atom is -0.476 e. The van der Waals surface area contributed by atoms with Crippen molar-refractivity contribution in [1.82, 2.24) is 0 Å². The van der Waals surface area contributed by atoms with Gasteiger partial charge in [0.2, 0.25) is 5.83 Å². The third kappa shape index (κ3) is 5.31. The van der Waals surface area contributed by atoms with Crippen LogP contribution in [-0.2, 0) is 4.79 Å². The molecule has 3 N–H and O–H groups in total. The molecule has 0 aliphatic carbocycles. The number of carboxylic acid groups (broad SMARTS) is 1. The second-order valence-electron chi connectivity index (χ2n) is 8.47. The molecule has 3 rings (SSSR count). The maximum Gasteiger partial charge on any atom is 0.368 e. The van der Waals surface area contributed by atoms with E-state index in [-0.39, 0.29) is 22.8 Å². The second-order valence-corrected chi connectivity index (χ2v) is 11.4. The number of hydrogen-bond acceptors (Lipinski definition) is 5. The van der Waals surface area contributed by atoms with Crippen LogP contribution < -0.4 is 4.74 Å². The molecule has 0 saturated carbocycles. The molecule has 0 saturated heterocycles. The van der Waals surface area contributed by atoms with E-state index in [4.69, 9.17) is 9.84 Å². The molecule has 8 heteroatoms. The van der Waals surface area contributed by atoms with Crippen molar-refractivity contribution < 1.29 is 28.1 Å². The quantitative estimate of drug-likeness (QED) is 0.222. The van der Waals surface area contributed by atoms with Gasteiger partial charge >= 0.3 is 5.97 Å². The first-order valence-corrected chi connectivity index (χ1v) is 13.3. The minimum absolute atomic E-state index is 0.0531. The fourth-order valence-corrected chi connectivity index (χ4v) is 7.33. The molecule has 1 aliphatic rings. The van der Waals surface area contributed by atoms with Crippen molar-refractivity contribution >= 4 is 28.3 Å². The summed E-state index contributed by atoms with van der Waals surface area (Å²) in [6, 6.07) is 13.4. The molecule has 0 amide bonds. The lowest BCUT2D eigenvalue weighted by atomic mass is 9.74. The van der Waals surface area contributed by atoms with E-state index in [0.29, 0.717) is 16.1 Å². The van der Waals surface area contributed by atoms with Crippen molar-refractivity contribution in [3.8, 4) is 5.75 Å². The number of ether oxygens (including phenoxy) is 1. The number of fused-ring (bicyclic) bond motifs is 1. The van der Waals surface area contributed by atoms with Gasteiger partial charge in [-0.25, -0.2) is 4.79 Å². The van der Waals surface area contributed by atoms with E-state index in [1.807, 2.05) is 42.7 Å². The van der Waals surface area contributed by atoms with Gasteiger partial charge in [0.25, 0.3) is 0 Å². The van der Waals surface area contributed by atoms with Gasteiger partial charge in [0, 0.05) is 17.7 Å². The molecule has 0 spiro atoms. The summed E-state index contributed by atoms with van der Waals surface area (Å²) < 4.78 is 41.4. The monoisotopic (exact) mass is 480 g/mol. The predicted octanol–water partition coefficient (Wildman–Crippen LogP) is 7.13. The maximum absolute atomic E-state index is 13.5. The Balaban J connectivity index is 2.20. The van der Waals surface area contributed by atoms with E-state index in [2.05, 4.69) is 13.8 Å². The van der Waals surface area contributed by atoms with Gasteiger partial charge in [0.15, 0.2) is 0 Å². The zero-order valence-electron chi connectivity index (χ0n) is 18.4. The lowest BCUT2D eigenvalue weighted by Crippen LogP contribution is -2.25. The molecule has 0 bridgehead atoms. The van der Waals surface area contributed by atoms with Crippen LogP contribution in [0.15, 0.2) is 64.3 Å². The maximum atomic E-state index is 13.5. The number of carbonyl (C=O) groups is 1. The van der Waals surface area contributed by atoms with Crippen molar-refractivity contribution in [2.45, 2.75) is 48.8 Å². The van der Waals surface area contributed by atoms with Crippen LogP contribution in [0.3, 0.4) is 0 Å². The molecule has 2 unspecified atom stereocenters. The fraction of sp³-hybridized carbons (Fsp3) is 0.375. The molecule has 2 aromatic rings. The SMILES string of the molecule is CCCC1(C)CC(c2ccccc2)c2cc(SC)c(O/C=C(\F)C(=O)O)cc2S(O)(O)C1. The highest BCUT2D eigenvalue weighted by atomic mass is 32.3. The lowest BCUT2D eigenvalue weighted by molar-refractivity contribution is -0.134. The van der Waals surface area contributed by atoms with E-state index in [0.717, 1.165) is 30.4 Å². The Morgan fingerprint density at radius 3 is 2.59 bits per heavy atom. The molecule has 1 aliphatic heterocycles. The van der Waals surface area contributed by atoms with Crippen LogP contribution in [0.25, 0.3) is 0 Å². The molecular weight excluding hydrogens is 451 g/mol. The van der Waals surface area contributed by atoms with Gasteiger partial charge in [0.05, 0.1) is 9.79 Å². The van der Waals surface area contributed by atoms with Crippen LogP contribution in [0.4, 0.5) is 4.39 Å². The molecule has 32 heavy (non-hydrogen) atoms. The van der Waals surface area contributed by atoms with E-state index in [1.54, 1.807) is 0 Å². The predicted molar refractivity (Wildman–Crippen MR) is 128 cm³/mol. The summed E-state index contributed by atoms with van der Waals surface area (Å²) in [5.41, 5.74) is 1.62. The molecule has 0 fully saturated rings. The summed E-state index contributed by atoms with van der Waals surface area (Å²) in [6.07, 6.45) is 4.90. The Hall–Kier alpha value is -2.00. The van der Waals surface area contributed by atoms with Gasteiger partial charge in [-0.3, -0.25) is 9.11 Å². The van der Waals surface area contributed by atoms with E-state index >= 15 is 0 Å². The smallest absolute Gasteiger partial charge is 0.368 e. The highest BCUT2D eigenvalue weighted by Gasteiger charge is 2.41. The van der Waals surface area contributed by atoms with Crippen LogP contribution in [-0.4, -0.2) is 32.2 Å².